The highest BCUT2D eigenvalue weighted by Gasteiger charge is 2.08. The van der Waals surface area contributed by atoms with E-state index in [0.717, 1.165) is 0 Å². The van der Waals surface area contributed by atoms with E-state index in [-0.39, 0.29) is 6.61 Å². The Bertz CT molecular complexity index is 94.9. The van der Waals surface area contributed by atoms with Crippen molar-refractivity contribution in [3.63, 3.8) is 0 Å². The fraction of sp³-hybridized carbons (Fsp3) is 0.600. The minimum absolute atomic E-state index is 0.262. The van der Waals surface area contributed by atoms with Crippen LogP contribution in [0.2, 0.25) is 0 Å². The van der Waals surface area contributed by atoms with Crippen LogP contribution in [0.1, 0.15) is 0 Å². The first kappa shape index (κ1) is 8.66. The van der Waals surface area contributed by atoms with Crippen molar-refractivity contribution in [2.45, 2.75) is 0 Å². The molecule has 0 bridgehead atoms. The van der Waals surface area contributed by atoms with E-state index in [9.17, 15) is 0 Å². The molecule has 0 atom stereocenters. The molecular formula is C5H10O3Si. The first-order valence-electron chi connectivity index (χ1n) is 2.45. The van der Waals surface area contributed by atoms with Gasteiger partial charge in [0.2, 0.25) is 0 Å². The molecule has 0 aromatic rings. The molecule has 0 saturated carbocycles. The summed E-state index contributed by atoms with van der Waals surface area (Å²) in [5.41, 5.74) is 0. The van der Waals surface area contributed by atoms with Crippen LogP contribution in [0.3, 0.4) is 0 Å². The van der Waals surface area contributed by atoms with E-state index in [0.29, 0.717) is 0 Å². The van der Waals surface area contributed by atoms with Gasteiger partial charge in [-0.15, -0.1) is 6.42 Å². The Morgan fingerprint density at radius 2 is 2.00 bits per heavy atom. The Hall–Kier alpha value is -0.343. The minimum atomic E-state index is -1.85. The minimum Gasteiger partial charge on any atom is -0.379 e. The summed E-state index contributed by atoms with van der Waals surface area (Å²) in [4.78, 5) is 0. The normalized spacial score (nSPS) is 9.56. The lowest BCUT2D eigenvalue weighted by Gasteiger charge is -2.07. The number of terminal acetylenes is 1. The first-order chi connectivity index (χ1) is 4.35. The quantitative estimate of drug-likeness (QED) is 0.400. The molecule has 0 aromatic heterocycles. The largest absolute Gasteiger partial charge is 0.484 e. The Kier molecular flexibility index (Phi) is 5.57. The lowest BCUT2D eigenvalue weighted by molar-refractivity contribution is 0.151. The highest BCUT2D eigenvalue weighted by atomic mass is 28.3. The highest BCUT2D eigenvalue weighted by molar-refractivity contribution is 6.36. The van der Waals surface area contributed by atoms with Crippen molar-refractivity contribution >= 4 is 9.53 Å². The molecule has 0 unspecified atom stereocenters. The van der Waals surface area contributed by atoms with Crippen LogP contribution < -0.4 is 0 Å². The number of rotatable bonds is 4. The molecule has 0 saturated heterocycles. The lowest BCUT2D eigenvalue weighted by atomic mass is 10.8. The molecule has 0 radical (unpaired) electrons. The standard InChI is InChI=1S/C5H10O3Si/c1-4-5-8-9(6-2)7-3/h1,9H,5H2,2-3H3. The van der Waals surface area contributed by atoms with Gasteiger partial charge in [0.1, 0.15) is 0 Å². The van der Waals surface area contributed by atoms with Gasteiger partial charge in [-0.3, -0.25) is 0 Å². The summed E-state index contributed by atoms with van der Waals surface area (Å²) in [6.45, 7) is 0.262. The maximum atomic E-state index is 4.95. The Balaban J connectivity index is 3.22. The van der Waals surface area contributed by atoms with Crippen LogP contribution in [0.5, 0.6) is 0 Å². The van der Waals surface area contributed by atoms with Gasteiger partial charge in [0, 0.05) is 14.2 Å². The Labute approximate surface area is 56.9 Å². The Morgan fingerprint density at radius 3 is 2.33 bits per heavy atom. The molecule has 0 N–H and O–H groups in total. The summed E-state index contributed by atoms with van der Waals surface area (Å²) < 4.78 is 14.5. The average molecular weight is 146 g/mol. The van der Waals surface area contributed by atoms with Crippen molar-refractivity contribution in [2.75, 3.05) is 20.8 Å². The van der Waals surface area contributed by atoms with Crippen LogP contribution >= 0.6 is 0 Å². The van der Waals surface area contributed by atoms with Gasteiger partial charge in [-0.05, 0) is 0 Å². The summed E-state index contributed by atoms with van der Waals surface area (Å²) in [5, 5.41) is 0. The number of hydrogen-bond donors (Lipinski definition) is 0. The molecule has 0 spiro atoms. The number of hydrogen-bond acceptors (Lipinski definition) is 3. The van der Waals surface area contributed by atoms with Gasteiger partial charge in [-0.25, -0.2) is 0 Å². The van der Waals surface area contributed by atoms with E-state index < -0.39 is 9.53 Å². The van der Waals surface area contributed by atoms with Gasteiger partial charge in [0.25, 0.3) is 0 Å². The SMILES string of the molecule is C#CCO[SiH](OC)OC. The zero-order chi connectivity index (χ0) is 7.11. The molecule has 0 aromatic carbocycles. The van der Waals surface area contributed by atoms with Gasteiger partial charge < -0.3 is 13.3 Å². The van der Waals surface area contributed by atoms with Crippen LogP contribution in [0, 0.1) is 12.3 Å². The van der Waals surface area contributed by atoms with E-state index in [1.807, 2.05) is 0 Å². The summed E-state index contributed by atoms with van der Waals surface area (Å²) in [7, 11) is 1.22. The van der Waals surface area contributed by atoms with Crippen LogP contribution in [-0.4, -0.2) is 30.4 Å². The third kappa shape index (κ3) is 4.18. The predicted molar refractivity (Wildman–Crippen MR) is 36.0 cm³/mol. The molecule has 9 heavy (non-hydrogen) atoms. The molecule has 4 heteroatoms. The topological polar surface area (TPSA) is 27.7 Å². The summed E-state index contributed by atoms with van der Waals surface area (Å²) in [6, 6.07) is 0. The maximum absolute atomic E-state index is 4.95. The predicted octanol–water partition coefficient (Wildman–Crippen LogP) is -0.354. The summed E-state index contributed by atoms with van der Waals surface area (Å²) >= 11 is 0. The van der Waals surface area contributed by atoms with E-state index in [1.54, 1.807) is 0 Å². The molecule has 0 amide bonds. The van der Waals surface area contributed by atoms with Crippen molar-refractivity contribution < 1.29 is 13.3 Å². The Morgan fingerprint density at radius 1 is 1.44 bits per heavy atom. The lowest BCUT2D eigenvalue weighted by Crippen LogP contribution is -2.23. The van der Waals surface area contributed by atoms with Crippen LogP contribution in [0.4, 0.5) is 0 Å². The second-order valence-electron chi connectivity index (χ2n) is 1.28. The second kappa shape index (κ2) is 5.79. The first-order valence-corrected chi connectivity index (χ1v) is 3.87. The van der Waals surface area contributed by atoms with E-state index >= 15 is 0 Å². The molecular weight excluding hydrogens is 136 g/mol. The van der Waals surface area contributed by atoms with E-state index in [2.05, 4.69) is 5.92 Å². The van der Waals surface area contributed by atoms with Crippen molar-refractivity contribution in [2.24, 2.45) is 0 Å². The van der Waals surface area contributed by atoms with Gasteiger partial charge in [-0.1, -0.05) is 5.92 Å². The van der Waals surface area contributed by atoms with Crippen molar-refractivity contribution in [3.8, 4) is 12.3 Å². The van der Waals surface area contributed by atoms with Crippen molar-refractivity contribution in [1.29, 1.82) is 0 Å². The van der Waals surface area contributed by atoms with Gasteiger partial charge in [0.05, 0.1) is 6.61 Å². The monoisotopic (exact) mass is 146 g/mol. The van der Waals surface area contributed by atoms with Crippen LogP contribution in [0.25, 0.3) is 0 Å². The molecule has 0 fully saturated rings. The fourth-order valence-electron chi connectivity index (χ4n) is 0.348. The maximum Gasteiger partial charge on any atom is 0.484 e. The molecule has 3 nitrogen and oxygen atoms in total. The molecule has 0 aliphatic rings. The molecule has 0 aliphatic heterocycles. The average Bonchev–Trinajstić information content (AvgIpc) is 1.91. The summed E-state index contributed by atoms with van der Waals surface area (Å²) in [5.74, 6) is 2.32. The van der Waals surface area contributed by atoms with Crippen molar-refractivity contribution in [1.82, 2.24) is 0 Å². The van der Waals surface area contributed by atoms with Gasteiger partial charge in [0.15, 0.2) is 0 Å². The molecule has 52 valence electrons. The zero-order valence-corrected chi connectivity index (χ0v) is 6.74. The zero-order valence-electron chi connectivity index (χ0n) is 5.59. The smallest absolute Gasteiger partial charge is 0.379 e. The highest BCUT2D eigenvalue weighted by Crippen LogP contribution is 1.85. The third-order valence-corrected chi connectivity index (χ3v) is 1.90. The van der Waals surface area contributed by atoms with E-state index in [4.69, 9.17) is 19.7 Å². The fourth-order valence-corrected chi connectivity index (χ4v) is 1.05. The molecule has 0 heterocycles. The van der Waals surface area contributed by atoms with E-state index in [1.165, 1.54) is 14.2 Å². The van der Waals surface area contributed by atoms with Gasteiger partial charge >= 0.3 is 9.53 Å². The van der Waals surface area contributed by atoms with Crippen molar-refractivity contribution in [3.05, 3.63) is 0 Å². The molecule has 0 aliphatic carbocycles. The third-order valence-electron chi connectivity index (χ3n) is 0.688. The van der Waals surface area contributed by atoms with Crippen LogP contribution in [0.15, 0.2) is 0 Å². The molecule has 0 rings (SSSR count). The second-order valence-corrected chi connectivity index (χ2v) is 3.13. The summed E-state index contributed by atoms with van der Waals surface area (Å²) in [6.07, 6.45) is 4.92. The van der Waals surface area contributed by atoms with Gasteiger partial charge in [-0.2, -0.15) is 0 Å². The van der Waals surface area contributed by atoms with Crippen LogP contribution in [-0.2, 0) is 13.3 Å².